The highest BCUT2D eigenvalue weighted by Crippen LogP contribution is 2.11. The molecule has 3 heteroatoms. The number of methoxy groups -OCH3 is 1. The summed E-state index contributed by atoms with van der Waals surface area (Å²) in [6, 6.07) is 3.78. The largest absolute Gasteiger partial charge is 0.383 e. The van der Waals surface area contributed by atoms with E-state index in [0.29, 0.717) is 6.61 Å². The number of aryl methyl sites for hydroxylation is 1. The Morgan fingerprint density at radius 2 is 2.42 bits per heavy atom. The van der Waals surface area contributed by atoms with Crippen LogP contribution in [0.1, 0.15) is 17.3 Å². The molecule has 1 atom stereocenters. The van der Waals surface area contributed by atoms with Crippen molar-refractivity contribution in [2.75, 3.05) is 13.7 Å². The second-order valence-corrected chi connectivity index (χ2v) is 2.77. The second kappa shape index (κ2) is 4.18. The third kappa shape index (κ3) is 2.03. The van der Waals surface area contributed by atoms with Gasteiger partial charge in [0.25, 0.3) is 0 Å². The van der Waals surface area contributed by atoms with Crippen LogP contribution in [0.25, 0.3) is 0 Å². The van der Waals surface area contributed by atoms with Crippen LogP contribution >= 0.6 is 0 Å². The van der Waals surface area contributed by atoms with E-state index in [4.69, 9.17) is 10.5 Å². The molecule has 12 heavy (non-hydrogen) atoms. The van der Waals surface area contributed by atoms with Crippen LogP contribution < -0.4 is 5.73 Å². The third-order valence-corrected chi connectivity index (χ3v) is 1.75. The van der Waals surface area contributed by atoms with E-state index in [1.165, 1.54) is 0 Å². The lowest BCUT2D eigenvalue weighted by Crippen LogP contribution is -2.18. The van der Waals surface area contributed by atoms with Crippen molar-refractivity contribution in [2.45, 2.75) is 13.0 Å². The molecule has 1 aromatic heterocycles. The molecule has 0 aliphatic heterocycles. The van der Waals surface area contributed by atoms with E-state index in [-0.39, 0.29) is 6.04 Å². The van der Waals surface area contributed by atoms with Crippen molar-refractivity contribution in [1.82, 2.24) is 4.98 Å². The minimum Gasteiger partial charge on any atom is -0.383 e. The van der Waals surface area contributed by atoms with Crippen LogP contribution in [-0.4, -0.2) is 18.7 Å². The number of rotatable bonds is 3. The molecule has 0 aromatic carbocycles. The summed E-state index contributed by atoms with van der Waals surface area (Å²) >= 11 is 0. The zero-order chi connectivity index (χ0) is 8.97. The Labute approximate surface area is 72.6 Å². The van der Waals surface area contributed by atoms with Crippen molar-refractivity contribution >= 4 is 0 Å². The summed E-state index contributed by atoms with van der Waals surface area (Å²) in [5.41, 5.74) is 7.85. The van der Waals surface area contributed by atoms with Gasteiger partial charge < -0.3 is 10.5 Å². The summed E-state index contributed by atoms with van der Waals surface area (Å²) in [6.07, 6.45) is 1.75. The maximum absolute atomic E-state index is 5.82. The van der Waals surface area contributed by atoms with Gasteiger partial charge in [0.2, 0.25) is 0 Å². The van der Waals surface area contributed by atoms with Gasteiger partial charge in [0.05, 0.1) is 18.3 Å². The molecule has 1 rings (SSSR count). The van der Waals surface area contributed by atoms with Gasteiger partial charge in [0, 0.05) is 13.3 Å². The topological polar surface area (TPSA) is 48.1 Å². The van der Waals surface area contributed by atoms with Gasteiger partial charge in [-0.15, -0.1) is 0 Å². The van der Waals surface area contributed by atoms with E-state index in [1.807, 2.05) is 19.1 Å². The minimum absolute atomic E-state index is 0.115. The predicted octanol–water partition coefficient (Wildman–Crippen LogP) is 1.04. The molecule has 0 unspecified atom stereocenters. The molecule has 0 aliphatic rings. The van der Waals surface area contributed by atoms with Crippen LogP contribution in [0.4, 0.5) is 0 Å². The van der Waals surface area contributed by atoms with Crippen molar-refractivity contribution in [1.29, 1.82) is 0 Å². The summed E-state index contributed by atoms with van der Waals surface area (Å²) in [5, 5.41) is 0. The molecule has 0 aliphatic carbocycles. The minimum atomic E-state index is -0.115. The summed E-state index contributed by atoms with van der Waals surface area (Å²) < 4.78 is 4.95. The predicted molar refractivity (Wildman–Crippen MR) is 47.8 cm³/mol. The van der Waals surface area contributed by atoms with Crippen molar-refractivity contribution < 1.29 is 4.74 Å². The molecule has 1 heterocycles. The Hall–Kier alpha value is -0.930. The van der Waals surface area contributed by atoms with E-state index in [1.54, 1.807) is 13.3 Å². The summed E-state index contributed by atoms with van der Waals surface area (Å²) in [7, 11) is 1.64. The summed E-state index contributed by atoms with van der Waals surface area (Å²) in [6.45, 7) is 2.51. The monoisotopic (exact) mass is 166 g/mol. The molecule has 0 bridgehead atoms. The van der Waals surface area contributed by atoms with Gasteiger partial charge >= 0.3 is 0 Å². The van der Waals surface area contributed by atoms with E-state index in [9.17, 15) is 0 Å². The van der Waals surface area contributed by atoms with Gasteiger partial charge in [-0.25, -0.2) is 0 Å². The van der Waals surface area contributed by atoms with Crippen molar-refractivity contribution in [3.63, 3.8) is 0 Å². The van der Waals surface area contributed by atoms with Crippen molar-refractivity contribution in [3.8, 4) is 0 Å². The average Bonchev–Trinajstić information content (AvgIpc) is 2.05. The Morgan fingerprint density at radius 1 is 1.67 bits per heavy atom. The number of pyridine rings is 1. The van der Waals surface area contributed by atoms with Gasteiger partial charge in [-0.2, -0.15) is 0 Å². The molecule has 2 N–H and O–H groups in total. The van der Waals surface area contributed by atoms with Gasteiger partial charge in [-0.1, -0.05) is 6.07 Å². The summed E-state index contributed by atoms with van der Waals surface area (Å²) in [4.78, 5) is 4.19. The lowest BCUT2D eigenvalue weighted by molar-refractivity contribution is 0.179. The lowest BCUT2D eigenvalue weighted by atomic mass is 10.1. The average molecular weight is 166 g/mol. The summed E-state index contributed by atoms with van der Waals surface area (Å²) in [5.74, 6) is 0. The first-order chi connectivity index (χ1) is 5.75. The quantitative estimate of drug-likeness (QED) is 0.729. The number of ether oxygens (including phenoxy) is 1. The van der Waals surface area contributed by atoms with Gasteiger partial charge in [-0.05, 0) is 18.6 Å². The molecule has 0 saturated carbocycles. The number of hydrogen-bond acceptors (Lipinski definition) is 3. The van der Waals surface area contributed by atoms with Crippen LogP contribution in [0.2, 0.25) is 0 Å². The van der Waals surface area contributed by atoms with E-state index < -0.39 is 0 Å². The highest BCUT2D eigenvalue weighted by atomic mass is 16.5. The molecule has 0 radical (unpaired) electrons. The smallest absolute Gasteiger partial charge is 0.0710 e. The maximum atomic E-state index is 5.82. The Kier molecular flexibility index (Phi) is 3.19. The zero-order valence-electron chi connectivity index (χ0n) is 7.45. The van der Waals surface area contributed by atoms with Gasteiger partial charge in [0.15, 0.2) is 0 Å². The molecular weight excluding hydrogens is 152 g/mol. The Morgan fingerprint density at radius 3 is 3.00 bits per heavy atom. The first-order valence-electron chi connectivity index (χ1n) is 3.91. The zero-order valence-corrected chi connectivity index (χ0v) is 7.45. The molecule has 0 amide bonds. The maximum Gasteiger partial charge on any atom is 0.0710 e. The van der Waals surface area contributed by atoms with Crippen molar-refractivity contribution in [3.05, 3.63) is 29.6 Å². The fourth-order valence-electron chi connectivity index (χ4n) is 1.14. The van der Waals surface area contributed by atoms with Crippen LogP contribution in [0, 0.1) is 6.92 Å². The molecule has 0 spiro atoms. The Bertz CT molecular complexity index is 250. The molecule has 0 fully saturated rings. The van der Waals surface area contributed by atoms with Gasteiger partial charge in [0.1, 0.15) is 0 Å². The third-order valence-electron chi connectivity index (χ3n) is 1.75. The lowest BCUT2D eigenvalue weighted by Gasteiger charge is -2.11. The number of hydrogen-bond donors (Lipinski definition) is 1. The number of aromatic nitrogens is 1. The molecule has 0 saturated heterocycles. The molecule has 1 aromatic rings. The van der Waals surface area contributed by atoms with Crippen molar-refractivity contribution in [2.24, 2.45) is 5.73 Å². The van der Waals surface area contributed by atoms with E-state index >= 15 is 0 Å². The Balaban J connectivity index is 2.79. The van der Waals surface area contributed by atoms with Crippen LogP contribution in [-0.2, 0) is 4.74 Å². The normalized spacial score (nSPS) is 12.9. The van der Waals surface area contributed by atoms with E-state index in [2.05, 4.69) is 4.98 Å². The van der Waals surface area contributed by atoms with Crippen LogP contribution in [0.5, 0.6) is 0 Å². The number of nitrogens with two attached hydrogens (primary N) is 1. The fourth-order valence-corrected chi connectivity index (χ4v) is 1.14. The first-order valence-corrected chi connectivity index (χ1v) is 3.91. The fraction of sp³-hybridized carbons (Fsp3) is 0.444. The SMILES string of the molecule is COC[C@@H](N)c1ncccc1C. The molecule has 3 nitrogen and oxygen atoms in total. The van der Waals surface area contributed by atoms with Gasteiger partial charge in [-0.3, -0.25) is 4.98 Å². The first kappa shape index (κ1) is 9.16. The standard InChI is InChI=1S/C9H14N2O/c1-7-4-3-5-11-9(7)8(10)6-12-2/h3-5,8H,6,10H2,1-2H3/t8-/m1/s1. The highest BCUT2D eigenvalue weighted by Gasteiger charge is 2.08. The number of nitrogens with zero attached hydrogens (tertiary/aromatic N) is 1. The molecular formula is C9H14N2O. The van der Waals surface area contributed by atoms with E-state index in [0.717, 1.165) is 11.3 Å². The molecule has 66 valence electrons. The van der Waals surface area contributed by atoms with Crippen LogP contribution in [0.3, 0.4) is 0 Å². The second-order valence-electron chi connectivity index (χ2n) is 2.77. The highest BCUT2D eigenvalue weighted by molar-refractivity contribution is 5.20. The van der Waals surface area contributed by atoms with Crippen LogP contribution in [0.15, 0.2) is 18.3 Å².